The number of nitrogens with zero attached hydrogens (tertiary/aromatic N) is 2. The summed E-state index contributed by atoms with van der Waals surface area (Å²) in [4.78, 5) is 14.1. The lowest BCUT2D eigenvalue weighted by molar-refractivity contribution is -0.117. The Hall–Kier alpha value is -2.56. The van der Waals surface area contributed by atoms with E-state index in [1.165, 1.54) is 29.6 Å². The van der Waals surface area contributed by atoms with Gasteiger partial charge in [0.2, 0.25) is 15.9 Å². The number of sulfonamides is 1. The lowest BCUT2D eigenvalue weighted by atomic mass is 10.3. The van der Waals surface area contributed by atoms with Gasteiger partial charge in [-0.1, -0.05) is 0 Å². The molecule has 0 bridgehead atoms. The molecular formula is C19H21F2N3O4S. The molecule has 0 unspecified atom stereocenters. The summed E-state index contributed by atoms with van der Waals surface area (Å²) in [6.45, 7) is 1.26. The van der Waals surface area contributed by atoms with Gasteiger partial charge in [-0.2, -0.15) is 4.31 Å². The summed E-state index contributed by atoms with van der Waals surface area (Å²) in [7, 11) is -2.12. The van der Waals surface area contributed by atoms with Crippen molar-refractivity contribution in [2.24, 2.45) is 0 Å². The molecular weight excluding hydrogens is 404 g/mol. The maximum Gasteiger partial charge on any atom is 0.243 e. The average Bonchev–Trinajstić information content (AvgIpc) is 2.71. The van der Waals surface area contributed by atoms with Gasteiger partial charge in [0.05, 0.1) is 18.6 Å². The van der Waals surface area contributed by atoms with Gasteiger partial charge in [-0.15, -0.1) is 0 Å². The van der Waals surface area contributed by atoms with Crippen LogP contribution in [0.15, 0.2) is 47.4 Å². The molecule has 7 nitrogen and oxygen atoms in total. The monoisotopic (exact) mass is 425 g/mol. The fourth-order valence-corrected chi connectivity index (χ4v) is 4.42. The predicted molar refractivity (Wildman–Crippen MR) is 103 cm³/mol. The third kappa shape index (κ3) is 5.08. The number of ether oxygens (including phenoxy) is 1. The number of rotatable bonds is 6. The number of hydrogen-bond donors (Lipinski definition) is 1. The van der Waals surface area contributed by atoms with Crippen molar-refractivity contribution in [1.82, 2.24) is 9.21 Å². The standard InChI is InChI=1S/C19H21F2N3O4S/c1-28-15-3-5-16(6-4-15)29(26,27)24-10-8-23(9-11-24)13-19(25)22-14-2-7-17(20)18(21)12-14/h2-7,12H,8-11,13H2,1H3,(H,22,25). The van der Waals surface area contributed by atoms with Gasteiger partial charge in [-0.3, -0.25) is 9.69 Å². The highest BCUT2D eigenvalue weighted by atomic mass is 32.2. The van der Waals surface area contributed by atoms with E-state index in [2.05, 4.69) is 5.32 Å². The van der Waals surface area contributed by atoms with E-state index in [1.54, 1.807) is 17.0 Å². The van der Waals surface area contributed by atoms with Crippen molar-refractivity contribution in [3.05, 3.63) is 54.1 Å². The van der Waals surface area contributed by atoms with Crippen molar-refractivity contribution in [3.8, 4) is 5.75 Å². The lowest BCUT2D eigenvalue weighted by Gasteiger charge is -2.33. The van der Waals surface area contributed by atoms with Crippen molar-refractivity contribution in [2.45, 2.75) is 4.90 Å². The van der Waals surface area contributed by atoms with Crippen LogP contribution in [-0.2, 0) is 14.8 Å². The first-order chi connectivity index (χ1) is 13.8. The van der Waals surface area contributed by atoms with Crippen LogP contribution < -0.4 is 10.1 Å². The van der Waals surface area contributed by atoms with Crippen LogP contribution in [0.2, 0.25) is 0 Å². The molecule has 1 N–H and O–H groups in total. The average molecular weight is 425 g/mol. The lowest BCUT2D eigenvalue weighted by Crippen LogP contribution is -2.50. The van der Waals surface area contributed by atoms with E-state index in [-0.39, 0.29) is 36.1 Å². The van der Waals surface area contributed by atoms with Crippen LogP contribution in [0, 0.1) is 11.6 Å². The van der Waals surface area contributed by atoms with Crippen molar-refractivity contribution in [2.75, 3.05) is 45.2 Å². The van der Waals surface area contributed by atoms with Gasteiger partial charge in [0.1, 0.15) is 5.75 Å². The molecule has 1 fully saturated rings. The summed E-state index contributed by atoms with van der Waals surface area (Å²) in [6.07, 6.45) is 0. The SMILES string of the molecule is COc1ccc(S(=O)(=O)N2CCN(CC(=O)Nc3ccc(F)c(F)c3)CC2)cc1. The highest BCUT2D eigenvalue weighted by Gasteiger charge is 2.29. The molecule has 1 aliphatic rings. The van der Waals surface area contributed by atoms with Crippen LogP contribution in [-0.4, -0.2) is 63.4 Å². The first kappa shape index (κ1) is 21.2. The zero-order chi connectivity index (χ0) is 21.0. The fraction of sp³-hybridized carbons (Fsp3) is 0.316. The summed E-state index contributed by atoms with van der Waals surface area (Å²) >= 11 is 0. The van der Waals surface area contributed by atoms with Crippen LogP contribution in [0.25, 0.3) is 0 Å². The fourth-order valence-electron chi connectivity index (χ4n) is 3.00. The summed E-state index contributed by atoms with van der Waals surface area (Å²) in [5.41, 5.74) is 0.162. The zero-order valence-electron chi connectivity index (χ0n) is 15.8. The third-order valence-electron chi connectivity index (χ3n) is 4.60. The van der Waals surface area contributed by atoms with Gasteiger partial charge in [0, 0.05) is 37.9 Å². The van der Waals surface area contributed by atoms with E-state index >= 15 is 0 Å². The van der Waals surface area contributed by atoms with Crippen molar-refractivity contribution in [1.29, 1.82) is 0 Å². The van der Waals surface area contributed by atoms with Crippen LogP contribution in [0.3, 0.4) is 0 Å². The number of nitrogens with one attached hydrogen (secondary N) is 1. The molecule has 1 amide bonds. The Kier molecular flexibility index (Phi) is 6.46. The maximum atomic E-state index is 13.2. The highest BCUT2D eigenvalue weighted by molar-refractivity contribution is 7.89. The number of piperazine rings is 1. The molecule has 0 spiro atoms. The van der Waals surface area contributed by atoms with Crippen LogP contribution in [0.4, 0.5) is 14.5 Å². The zero-order valence-corrected chi connectivity index (χ0v) is 16.6. The largest absolute Gasteiger partial charge is 0.497 e. The molecule has 3 rings (SSSR count). The Morgan fingerprint density at radius 1 is 1.03 bits per heavy atom. The Labute approximate surface area is 167 Å². The number of carbonyl (C=O) groups is 1. The Morgan fingerprint density at radius 2 is 1.69 bits per heavy atom. The van der Waals surface area contributed by atoms with E-state index in [1.807, 2.05) is 0 Å². The quantitative estimate of drug-likeness (QED) is 0.765. The second-order valence-corrected chi connectivity index (χ2v) is 8.47. The van der Waals surface area contributed by atoms with Gasteiger partial charge in [0.25, 0.3) is 0 Å². The first-order valence-electron chi connectivity index (χ1n) is 8.91. The number of halogens is 2. The Balaban J connectivity index is 1.54. The van der Waals surface area contributed by atoms with Crippen LogP contribution in [0.5, 0.6) is 5.75 Å². The van der Waals surface area contributed by atoms with Crippen molar-refractivity contribution >= 4 is 21.6 Å². The number of carbonyl (C=O) groups excluding carboxylic acids is 1. The minimum atomic E-state index is -3.62. The second-order valence-electron chi connectivity index (χ2n) is 6.53. The van der Waals surface area contributed by atoms with Crippen LogP contribution in [0.1, 0.15) is 0 Å². The molecule has 2 aromatic rings. The van der Waals surface area contributed by atoms with E-state index in [9.17, 15) is 22.0 Å². The molecule has 1 saturated heterocycles. The van der Waals surface area contributed by atoms with Gasteiger partial charge in [0.15, 0.2) is 11.6 Å². The van der Waals surface area contributed by atoms with Gasteiger partial charge < -0.3 is 10.1 Å². The molecule has 2 aromatic carbocycles. The van der Waals surface area contributed by atoms with E-state index in [4.69, 9.17) is 4.74 Å². The van der Waals surface area contributed by atoms with E-state index in [0.717, 1.165) is 12.1 Å². The minimum Gasteiger partial charge on any atom is -0.497 e. The second kappa shape index (κ2) is 8.85. The summed E-state index contributed by atoms with van der Waals surface area (Å²) in [5.74, 6) is -1.85. The molecule has 0 atom stereocenters. The summed E-state index contributed by atoms with van der Waals surface area (Å²) < 4.78 is 58.1. The Morgan fingerprint density at radius 3 is 2.28 bits per heavy atom. The molecule has 0 saturated carbocycles. The number of methoxy groups -OCH3 is 1. The van der Waals surface area contributed by atoms with Gasteiger partial charge in [-0.05, 0) is 36.4 Å². The smallest absolute Gasteiger partial charge is 0.243 e. The van der Waals surface area contributed by atoms with Crippen molar-refractivity contribution < 1.29 is 26.7 Å². The molecule has 0 aromatic heterocycles. The maximum absolute atomic E-state index is 13.2. The molecule has 0 aliphatic carbocycles. The number of hydrogen-bond acceptors (Lipinski definition) is 5. The highest BCUT2D eigenvalue weighted by Crippen LogP contribution is 2.20. The molecule has 1 aliphatic heterocycles. The number of amides is 1. The summed E-state index contributed by atoms with van der Waals surface area (Å²) in [5, 5.41) is 2.50. The molecule has 156 valence electrons. The topological polar surface area (TPSA) is 79.0 Å². The normalized spacial score (nSPS) is 15.8. The van der Waals surface area contributed by atoms with E-state index < -0.39 is 21.7 Å². The molecule has 0 radical (unpaired) electrons. The third-order valence-corrected chi connectivity index (χ3v) is 6.51. The van der Waals surface area contributed by atoms with E-state index in [0.29, 0.717) is 18.8 Å². The number of benzene rings is 2. The number of anilines is 1. The summed E-state index contributed by atoms with van der Waals surface area (Å²) in [6, 6.07) is 9.29. The minimum absolute atomic E-state index is 0.0232. The first-order valence-corrected chi connectivity index (χ1v) is 10.3. The van der Waals surface area contributed by atoms with Crippen LogP contribution >= 0.6 is 0 Å². The molecule has 1 heterocycles. The van der Waals surface area contributed by atoms with Crippen molar-refractivity contribution in [3.63, 3.8) is 0 Å². The molecule has 29 heavy (non-hydrogen) atoms. The van der Waals surface area contributed by atoms with Gasteiger partial charge >= 0.3 is 0 Å². The predicted octanol–water partition coefficient (Wildman–Crippen LogP) is 1.92. The van der Waals surface area contributed by atoms with Gasteiger partial charge in [-0.25, -0.2) is 17.2 Å². The molecule has 10 heteroatoms. The Bertz CT molecular complexity index is 975.